The molecule has 1 aromatic carbocycles. The Morgan fingerprint density at radius 3 is 3.10 bits per heavy atom. The van der Waals surface area contributed by atoms with Gasteiger partial charge in [-0.3, -0.25) is 0 Å². The Kier molecular flexibility index (Phi) is 4.71. The summed E-state index contributed by atoms with van der Waals surface area (Å²) >= 11 is 7.90. The van der Waals surface area contributed by atoms with Crippen LogP contribution in [0.25, 0.3) is 0 Å². The van der Waals surface area contributed by atoms with Gasteiger partial charge in [0.25, 0.3) is 0 Å². The lowest BCUT2D eigenvalue weighted by molar-refractivity contribution is 0.318. The van der Waals surface area contributed by atoms with E-state index in [4.69, 9.17) is 16.3 Å². The Hall–Kier alpha value is -1.19. The van der Waals surface area contributed by atoms with E-state index >= 15 is 0 Å². The maximum atomic E-state index is 6.19. The number of thiophene rings is 1. The molecule has 112 valence electrons. The molecule has 2 nitrogen and oxygen atoms in total. The maximum Gasteiger partial charge on any atom is 0.142 e. The molecule has 0 fully saturated rings. The van der Waals surface area contributed by atoms with Crippen molar-refractivity contribution in [2.45, 2.75) is 38.6 Å². The fourth-order valence-corrected chi connectivity index (χ4v) is 4.17. The number of hydrogen-bond donors (Lipinski definition) is 1. The van der Waals surface area contributed by atoms with Gasteiger partial charge in [0.05, 0.1) is 22.7 Å². The van der Waals surface area contributed by atoms with E-state index in [1.807, 2.05) is 18.2 Å². The third-order valence-electron chi connectivity index (χ3n) is 3.76. The second-order valence-corrected chi connectivity index (χ2v) is 7.13. The normalized spacial score (nSPS) is 17.3. The number of rotatable bonds is 5. The molecular formula is C17H20ClNOS. The molecular weight excluding hydrogens is 302 g/mol. The summed E-state index contributed by atoms with van der Waals surface area (Å²) in [5, 5.41) is 3.65. The number of ether oxygens (including phenoxy) is 1. The molecule has 1 aliphatic carbocycles. The van der Waals surface area contributed by atoms with Crippen LogP contribution in [-0.4, -0.2) is 6.61 Å². The van der Waals surface area contributed by atoms with Gasteiger partial charge in [-0.1, -0.05) is 30.7 Å². The number of para-hydroxylation sites is 2. The minimum Gasteiger partial charge on any atom is -0.491 e. The number of halogens is 1. The predicted molar refractivity (Wildman–Crippen MR) is 90.9 cm³/mol. The molecule has 3 rings (SSSR count). The van der Waals surface area contributed by atoms with Gasteiger partial charge in [-0.05, 0) is 49.4 Å². The van der Waals surface area contributed by atoms with Crippen molar-refractivity contribution in [1.29, 1.82) is 0 Å². The van der Waals surface area contributed by atoms with Crippen molar-refractivity contribution in [3.63, 3.8) is 0 Å². The Bertz CT molecular complexity index is 611. The highest BCUT2D eigenvalue weighted by atomic mass is 35.5. The summed E-state index contributed by atoms with van der Waals surface area (Å²) in [5.41, 5.74) is 2.44. The molecule has 1 heterocycles. The number of fused-ring (bicyclic) bond motifs is 1. The topological polar surface area (TPSA) is 21.3 Å². The number of aryl methyl sites for hydroxylation is 1. The number of nitrogens with one attached hydrogen (secondary N) is 1. The number of hydrogen-bond acceptors (Lipinski definition) is 3. The lowest BCUT2D eigenvalue weighted by atomic mass is 9.94. The first kappa shape index (κ1) is 14.7. The van der Waals surface area contributed by atoms with E-state index < -0.39 is 0 Å². The van der Waals surface area contributed by atoms with E-state index in [9.17, 15) is 0 Å². The van der Waals surface area contributed by atoms with Crippen LogP contribution in [0.1, 0.15) is 42.7 Å². The highest BCUT2D eigenvalue weighted by Crippen LogP contribution is 2.40. The minimum atomic E-state index is 0.337. The number of anilines is 1. The van der Waals surface area contributed by atoms with Crippen molar-refractivity contribution < 1.29 is 4.74 Å². The van der Waals surface area contributed by atoms with Crippen LogP contribution in [0.5, 0.6) is 5.75 Å². The smallest absolute Gasteiger partial charge is 0.142 e. The van der Waals surface area contributed by atoms with Gasteiger partial charge in [0.15, 0.2) is 0 Å². The molecule has 0 amide bonds. The molecule has 1 aliphatic rings. The Morgan fingerprint density at radius 2 is 2.24 bits per heavy atom. The van der Waals surface area contributed by atoms with Gasteiger partial charge >= 0.3 is 0 Å². The molecule has 0 saturated heterocycles. The summed E-state index contributed by atoms with van der Waals surface area (Å²) in [6.45, 7) is 2.87. The second kappa shape index (κ2) is 6.71. The molecule has 1 N–H and O–H groups in total. The van der Waals surface area contributed by atoms with Crippen LogP contribution in [0.15, 0.2) is 30.3 Å². The van der Waals surface area contributed by atoms with Crippen LogP contribution in [0, 0.1) is 0 Å². The van der Waals surface area contributed by atoms with Crippen molar-refractivity contribution in [2.24, 2.45) is 0 Å². The van der Waals surface area contributed by atoms with Crippen LogP contribution in [0.3, 0.4) is 0 Å². The van der Waals surface area contributed by atoms with Gasteiger partial charge < -0.3 is 10.1 Å². The fraction of sp³-hybridized carbons (Fsp3) is 0.412. The van der Waals surface area contributed by atoms with Crippen molar-refractivity contribution in [1.82, 2.24) is 0 Å². The second-order valence-electron chi connectivity index (χ2n) is 5.36. The summed E-state index contributed by atoms with van der Waals surface area (Å²) in [4.78, 5) is 1.43. The molecule has 1 atom stereocenters. The molecule has 0 radical (unpaired) electrons. The average Bonchev–Trinajstić information content (AvgIpc) is 2.88. The maximum absolute atomic E-state index is 6.19. The zero-order valence-electron chi connectivity index (χ0n) is 12.2. The van der Waals surface area contributed by atoms with E-state index in [0.717, 1.165) is 41.6 Å². The first-order valence-corrected chi connectivity index (χ1v) is 8.74. The first-order valence-electron chi connectivity index (χ1n) is 7.54. The molecule has 0 aliphatic heterocycles. The van der Waals surface area contributed by atoms with Gasteiger partial charge in [-0.25, -0.2) is 0 Å². The summed E-state index contributed by atoms with van der Waals surface area (Å²) < 4.78 is 6.73. The molecule has 21 heavy (non-hydrogen) atoms. The van der Waals surface area contributed by atoms with E-state index in [1.54, 1.807) is 11.3 Å². The lowest BCUT2D eigenvalue weighted by Crippen LogP contribution is -2.16. The number of benzene rings is 1. The van der Waals surface area contributed by atoms with Gasteiger partial charge in [-0.15, -0.1) is 11.3 Å². The minimum absolute atomic E-state index is 0.337. The first-order chi connectivity index (χ1) is 10.3. The zero-order valence-corrected chi connectivity index (χ0v) is 13.8. The van der Waals surface area contributed by atoms with Gasteiger partial charge in [0.1, 0.15) is 5.75 Å². The highest BCUT2D eigenvalue weighted by molar-refractivity contribution is 7.16. The van der Waals surface area contributed by atoms with Gasteiger partial charge in [0, 0.05) is 4.88 Å². The van der Waals surface area contributed by atoms with Gasteiger partial charge in [0.2, 0.25) is 0 Å². The van der Waals surface area contributed by atoms with E-state index in [0.29, 0.717) is 6.04 Å². The molecule has 1 unspecified atom stereocenters. The SMILES string of the molecule is CCCOc1ccccc1NC1CCCc2sc(Cl)cc21. The Morgan fingerprint density at radius 1 is 1.38 bits per heavy atom. The van der Waals surface area contributed by atoms with Crippen molar-refractivity contribution in [3.8, 4) is 5.75 Å². The van der Waals surface area contributed by atoms with Crippen LogP contribution < -0.4 is 10.1 Å². The average molecular weight is 322 g/mol. The summed E-state index contributed by atoms with van der Waals surface area (Å²) in [5.74, 6) is 0.938. The quantitative estimate of drug-likeness (QED) is 0.765. The third-order valence-corrected chi connectivity index (χ3v) is 5.10. The highest BCUT2D eigenvalue weighted by Gasteiger charge is 2.23. The van der Waals surface area contributed by atoms with Gasteiger partial charge in [-0.2, -0.15) is 0 Å². The third kappa shape index (κ3) is 3.35. The summed E-state index contributed by atoms with van der Waals surface area (Å²) in [7, 11) is 0. The van der Waals surface area contributed by atoms with E-state index in [-0.39, 0.29) is 0 Å². The van der Waals surface area contributed by atoms with Crippen LogP contribution in [-0.2, 0) is 6.42 Å². The summed E-state index contributed by atoms with van der Waals surface area (Å²) in [6, 6.07) is 10.6. The molecule has 2 aromatic rings. The Labute approximate surface area is 135 Å². The van der Waals surface area contributed by atoms with Crippen molar-refractivity contribution in [2.75, 3.05) is 11.9 Å². The monoisotopic (exact) mass is 321 g/mol. The fourth-order valence-electron chi connectivity index (χ4n) is 2.78. The van der Waals surface area contributed by atoms with Crippen molar-refractivity contribution in [3.05, 3.63) is 45.1 Å². The summed E-state index contributed by atoms with van der Waals surface area (Å²) in [6.07, 6.45) is 4.52. The zero-order chi connectivity index (χ0) is 14.7. The van der Waals surface area contributed by atoms with E-state index in [2.05, 4.69) is 24.4 Å². The standard InChI is InChI=1S/C17H20ClNOS/c1-2-10-20-15-8-4-3-6-14(15)19-13-7-5-9-16-12(13)11-17(18)21-16/h3-4,6,8,11,13,19H,2,5,7,9-10H2,1H3. The predicted octanol–water partition coefficient (Wildman–Crippen LogP) is 5.68. The molecule has 0 saturated carbocycles. The molecule has 0 spiro atoms. The van der Waals surface area contributed by atoms with Crippen LogP contribution in [0.2, 0.25) is 4.34 Å². The van der Waals surface area contributed by atoms with E-state index in [1.165, 1.54) is 16.9 Å². The lowest BCUT2D eigenvalue weighted by Gasteiger charge is -2.25. The molecule has 4 heteroatoms. The van der Waals surface area contributed by atoms with Crippen LogP contribution >= 0.6 is 22.9 Å². The van der Waals surface area contributed by atoms with Crippen LogP contribution in [0.4, 0.5) is 5.69 Å². The Balaban J connectivity index is 1.81. The largest absolute Gasteiger partial charge is 0.491 e. The van der Waals surface area contributed by atoms with Crippen molar-refractivity contribution >= 4 is 28.6 Å². The molecule has 1 aromatic heterocycles. The molecule has 0 bridgehead atoms.